The van der Waals surface area contributed by atoms with Crippen LogP contribution in [0.2, 0.25) is 0 Å². The summed E-state index contributed by atoms with van der Waals surface area (Å²) in [4.78, 5) is 15.5. The van der Waals surface area contributed by atoms with Gasteiger partial charge in [-0.3, -0.25) is 4.79 Å². The van der Waals surface area contributed by atoms with Crippen molar-refractivity contribution in [1.82, 2.24) is 10.1 Å². The maximum absolute atomic E-state index is 12.5. The zero-order chi connectivity index (χ0) is 19.4. The van der Waals surface area contributed by atoms with Crippen molar-refractivity contribution in [2.45, 2.75) is 6.18 Å². The molecule has 3 aromatic rings. The van der Waals surface area contributed by atoms with Gasteiger partial charge in [0.2, 0.25) is 5.82 Å². The van der Waals surface area contributed by atoms with E-state index in [0.29, 0.717) is 17.1 Å². The third kappa shape index (κ3) is 4.25. The molecule has 0 amide bonds. The highest BCUT2D eigenvalue weighted by molar-refractivity contribution is 5.97. The Hall–Kier alpha value is -3.36. The lowest BCUT2D eigenvalue weighted by Gasteiger charge is -2.09. The van der Waals surface area contributed by atoms with Gasteiger partial charge in [-0.2, -0.15) is 18.2 Å². The molecule has 27 heavy (non-hydrogen) atoms. The number of methoxy groups -OCH3 is 1. The second-order valence-electron chi connectivity index (χ2n) is 5.36. The van der Waals surface area contributed by atoms with E-state index < -0.39 is 12.1 Å². The van der Waals surface area contributed by atoms with Gasteiger partial charge in [0, 0.05) is 11.1 Å². The first-order valence-electron chi connectivity index (χ1n) is 7.69. The molecule has 0 aliphatic rings. The van der Waals surface area contributed by atoms with Gasteiger partial charge in [-0.15, -0.1) is 0 Å². The standard InChI is InChI=1S/C18H13F3N2O4/c1-25-14-4-2-3-5-15(14)26-10-13(24)11-6-8-12(9-7-11)16-22-17(27-23-16)18(19,20)21/h2-9H,10H2,1H3. The minimum atomic E-state index is -4.71. The van der Waals surface area contributed by atoms with Crippen LogP contribution < -0.4 is 9.47 Å². The zero-order valence-corrected chi connectivity index (χ0v) is 14.0. The van der Waals surface area contributed by atoms with E-state index in [4.69, 9.17) is 9.47 Å². The molecule has 0 saturated carbocycles. The Bertz CT molecular complexity index is 936. The highest BCUT2D eigenvalue weighted by Crippen LogP contribution is 2.29. The van der Waals surface area contributed by atoms with Gasteiger partial charge < -0.3 is 14.0 Å². The van der Waals surface area contributed by atoms with E-state index >= 15 is 0 Å². The fourth-order valence-electron chi connectivity index (χ4n) is 2.23. The highest BCUT2D eigenvalue weighted by Gasteiger charge is 2.38. The van der Waals surface area contributed by atoms with Crippen LogP contribution in [0.3, 0.4) is 0 Å². The number of benzene rings is 2. The number of carbonyl (C=O) groups is 1. The number of nitrogens with zero attached hydrogens (tertiary/aromatic N) is 2. The summed E-state index contributed by atoms with van der Waals surface area (Å²) in [5, 5.41) is 3.29. The lowest BCUT2D eigenvalue weighted by molar-refractivity contribution is -0.159. The maximum atomic E-state index is 12.5. The van der Waals surface area contributed by atoms with Crippen LogP contribution in [0.4, 0.5) is 13.2 Å². The van der Waals surface area contributed by atoms with Gasteiger partial charge in [0.1, 0.15) is 0 Å². The predicted octanol–water partition coefficient (Wildman–Crippen LogP) is 4.03. The van der Waals surface area contributed by atoms with Crippen molar-refractivity contribution >= 4 is 5.78 Å². The molecule has 0 radical (unpaired) electrons. The summed E-state index contributed by atoms with van der Waals surface area (Å²) >= 11 is 0. The SMILES string of the molecule is COc1ccccc1OCC(=O)c1ccc(-c2noc(C(F)(F)F)n2)cc1. The Balaban J connectivity index is 1.68. The summed E-state index contributed by atoms with van der Waals surface area (Å²) in [5.74, 6) is -1.03. The summed E-state index contributed by atoms with van der Waals surface area (Å²) < 4.78 is 52.3. The molecule has 0 aliphatic heterocycles. The third-order valence-electron chi connectivity index (χ3n) is 3.56. The summed E-state index contributed by atoms with van der Waals surface area (Å²) in [7, 11) is 1.49. The number of hydrogen-bond acceptors (Lipinski definition) is 6. The van der Waals surface area contributed by atoms with Gasteiger partial charge in [0.15, 0.2) is 23.9 Å². The second kappa shape index (κ2) is 7.48. The van der Waals surface area contributed by atoms with Crippen LogP contribution in [0, 0.1) is 0 Å². The first kappa shape index (κ1) is 18.4. The lowest BCUT2D eigenvalue weighted by Crippen LogP contribution is -2.12. The van der Waals surface area contributed by atoms with Crippen molar-refractivity contribution in [3.05, 3.63) is 60.0 Å². The molecule has 0 fully saturated rings. The number of rotatable bonds is 6. The molecule has 9 heteroatoms. The smallest absolute Gasteiger partial charge is 0.471 e. The van der Waals surface area contributed by atoms with Crippen LogP contribution in [0.15, 0.2) is 53.1 Å². The highest BCUT2D eigenvalue weighted by atomic mass is 19.4. The van der Waals surface area contributed by atoms with E-state index in [-0.39, 0.29) is 23.8 Å². The van der Waals surface area contributed by atoms with Crippen LogP contribution in [0.25, 0.3) is 11.4 Å². The molecule has 140 valence electrons. The Morgan fingerprint density at radius 1 is 1.07 bits per heavy atom. The van der Waals surface area contributed by atoms with E-state index in [0.717, 1.165) is 0 Å². The van der Waals surface area contributed by atoms with Crippen molar-refractivity contribution in [3.63, 3.8) is 0 Å². The van der Waals surface area contributed by atoms with Crippen molar-refractivity contribution in [2.24, 2.45) is 0 Å². The van der Waals surface area contributed by atoms with Crippen molar-refractivity contribution < 1.29 is 32.0 Å². The van der Waals surface area contributed by atoms with E-state index in [1.165, 1.54) is 31.4 Å². The first-order chi connectivity index (χ1) is 12.9. The Morgan fingerprint density at radius 2 is 1.74 bits per heavy atom. The number of ketones is 1. The van der Waals surface area contributed by atoms with Crippen LogP contribution in [-0.2, 0) is 6.18 Å². The minimum absolute atomic E-state index is 0.216. The first-order valence-corrected chi connectivity index (χ1v) is 7.69. The lowest BCUT2D eigenvalue weighted by atomic mass is 10.1. The molecule has 0 unspecified atom stereocenters. The fraction of sp³-hybridized carbons (Fsp3) is 0.167. The molecule has 1 heterocycles. The number of hydrogen-bond donors (Lipinski definition) is 0. The summed E-state index contributed by atoms with van der Waals surface area (Å²) in [6, 6.07) is 12.7. The largest absolute Gasteiger partial charge is 0.493 e. The van der Waals surface area contributed by atoms with Crippen LogP contribution in [0.5, 0.6) is 11.5 Å². The molecule has 0 saturated heterocycles. The molecule has 0 bridgehead atoms. The number of carbonyl (C=O) groups excluding carboxylic acids is 1. The van der Waals surface area contributed by atoms with Crippen LogP contribution in [-0.4, -0.2) is 29.6 Å². The van der Waals surface area contributed by atoms with Crippen molar-refractivity contribution in [3.8, 4) is 22.9 Å². The van der Waals surface area contributed by atoms with Crippen molar-refractivity contribution in [1.29, 1.82) is 0 Å². The Labute approximate surface area is 151 Å². The van der Waals surface area contributed by atoms with Crippen molar-refractivity contribution in [2.75, 3.05) is 13.7 Å². The Morgan fingerprint density at radius 3 is 2.33 bits per heavy atom. The fourth-order valence-corrected chi connectivity index (χ4v) is 2.23. The van der Waals surface area contributed by atoms with E-state index in [2.05, 4.69) is 14.7 Å². The second-order valence-corrected chi connectivity index (χ2v) is 5.36. The van der Waals surface area contributed by atoms with E-state index in [1.807, 2.05) is 0 Å². The Kier molecular flexibility index (Phi) is 5.11. The number of aromatic nitrogens is 2. The van der Waals surface area contributed by atoms with Crippen LogP contribution >= 0.6 is 0 Å². The van der Waals surface area contributed by atoms with Gasteiger partial charge in [0.05, 0.1) is 7.11 Å². The van der Waals surface area contributed by atoms with Gasteiger partial charge in [0.25, 0.3) is 0 Å². The normalized spacial score (nSPS) is 11.3. The average molecular weight is 378 g/mol. The topological polar surface area (TPSA) is 74.5 Å². The van der Waals surface area contributed by atoms with E-state index in [9.17, 15) is 18.0 Å². The molecule has 0 N–H and O–H groups in total. The molecule has 0 spiro atoms. The molecule has 0 aliphatic carbocycles. The minimum Gasteiger partial charge on any atom is -0.493 e. The van der Waals surface area contributed by atoms with E-state index in [1.54, 1.807) is 24.3 Å². The third-order valence-corrected chi connectivity index (χ3v) is 3.56. The maximum Gasteiger partial charge on any atom is 0.471 e. The number of alkyl halides is 3. The summed E-state index contributed by atoms with van der Waals surface area (Å²) in [6.07, 6.45) is -4.71. The summed E-state index contributed by atoms with van der Waals surface area (Å²) in [5.41, 5.74) is 0.615. The average Bonchev–Trinajstić information content (AvgIpc) is 3.17. The van der Waals surface area contributed by atoms with Gasteiger partial charge >= 0.3 is 12.1 Å². The molecule has 2 aromatic carbocycles. The van der Waals surface area contributed by atoms with Gasteiger partial charge in [-0.25, -0.2) is 0 Å². The van der Waals surface area contributed by atoms with Crippen LogP contribution in [0.1, 0.15) is 16.2 Å². The molecule has 1 aromatic heterocycles. The van der Waals surface area contributed by atoms with Gasteiger partial charge in [-0.1, -0.05) is 41.6 Å². The molecular formula is C18H13F3N2O4. The quantitative estimate of drug-likeness (QED) is 0.603. The zero-order valence-electron chi connectivity index (χ0n) is 14.0. The molecule has 6 nitrogen and oxygen atoms in total. The van der Waals surface area contributed by atoms with Gasteiger partial charge in [-0.05, 0) is 12.1 Å². The molecule has 0 atom stereocenters. The predicted molar refractivity (Wildman–Crippen MR) is 87.6 cm³/mol. The molecular weight excluding hydrogens is 365 g/mol. The monoisotopic (exact) mass is 378 g/mol. The summed E-state index contributed by atoms with van der Waals surface area (Å²) in [6.45, 7) is -0.222. The number of Topliss-reactive ketones (excluding diaryl/α,β-unsaturated/α-hetero) is 1. The molecule has 3 rings (SSSR count). The number of para-hydroxylation sites is 2. The number of halogens is 3. The number of ether oxygens (including phenoxy) is 2.